The summed E-state index contributed by atoms with van der Waals surface area (Å²) in [5.74, 6) is 19.9. The molecule has 0 nitrogen and oxygen atoms in total. The number of aryl methyl sites for hydroxylation is 4. The van der Waals surface area contributed by atoms with Gasteiger partial charge in [0.25, 0.3) is 0 Å². The van der Waals surface area contributed by atoms with E-state index in [0.717, 1.165) is 0 Å². The van der Waals surface area contributed by atoms with Gasteiger partial charge in [-0.25, -0.2) is 0 Å². The van der Waals surface area contributed by atoms with Crippen molar-refractivity contribution in [2.24, 2.45) is 0 Å². The summed E-state index contributed by atoms with van der Waals surface area (Å²) < 4.78 is 0. The van der Waals surface area contributed by atoms with Gasteiger partial charge in [0.1, 0.15) is 0 Å². The minimum absolute atomic E-state index is 0.560. The molecule has 2 rings (SSSR count). The molecule has 0 aliphatic carbocycles. The molecule has 224 valence electrons. The van der Waals surface area contributed by atoms with E-state index in [1.165, 1.54) is 98.1 Å². The summed E-state index contributed by atoms with van der Waals surface area (Å²) in [6, 6.07) is 18.9. The Morgan fingerprint density at radius 3 is 0.625 bits per heavy atom. The second-order valence-electron chi connectivity index (χ2n) is 13.3. The van der Waals surface area contributed by atoms with Crippen molar-refractivity contribution >= 4 is 57.4 Å². The summed E-state index contributed by atoms with van der Waals surface area (Å²) in [5, 5.41) is 6.16. The predicted octanol–water partition coefficient (Wildman–Crippen LogP) is 11.7. The standard InChI is InChI=1S/2C18H32Ge2/c2*1-19(2)15-7-5-9-17-11-13-18(14-12-17)10-6-8-16-20(3)4/h2*11-14H,5-10,15-16H2,1-4H3. The Bertz CT molecular complexity index is 683. The van der Waals surface area contributed by atoms with Gasteiger partial charge in [-0.05, 0) is 0 Å². The average Bonchev–Trinajstić information content (AvgIpc) is 2.91. The molecule has 4 heteroatoms. The Kier molecular flexibility index (Phi) is 24.1. The van der Waals surface area contributed by atoms with E-state index < -0.39 is 57.4 Å². The van der Waals surface area contributed by atoms with Crippen LogP contribution in [0.15, 0.2) is 48.5 Å². The monoisotopic (exact) mass is 792 g/mol. The minimum atomic E-state index is -0.560. The molecular weight excluding hydrogens is 723 g/mol. The predicted molar refractivity (Wildman–Crippen MR) is 194 cm³/mol. The molecule has 0 saturated heterocycles. The van der Waals surface area contributed by atoms with Gasteiger partial charge in [0.15, 0.2) is 0 Å². The van der Waals surface area contributed by atoms with Crippen LogP contribution in [0.4, 0.5) is 0 Å². The van der Waals surface area contributed by atoms with E-state index in [0.29, 0.717) is 0 Å². The average molecular weight is 787 g/mol. The summed E-state index contributed by atoms with van der Waals surface area (Å²) in [6.07, 6.45) is 16.5. The summed E-state index contributed by atoms with van der Waals surface area (Å²) >= 11 is -2.24. The van der Waals surface area contributed by atoms with Crippen molar-refractivity contribution in [2.45, 2.75) is 144 Å². The van der Waals surface area contributed by atoms with Crippen LogP contribution in [-0.2, 0) is 25.7 Å². The van der Waals surface area contributed by atoms with Gasteiger partial charge in [-0.15, -0.1) is 0 Å². The fraction of sp³-hybridized carbons (Fsp3) is 0.667. The fourth-order valence-corrected chi connectivity index (χ4v) is 13.0. The molecule has 40 heavy (non-hydrogen) atoms. The van der Waals surface area contributed by atoms with Crippen molar-refractivity contribution in [2.75, 3.05) is 0 Å². The molecule has 0 amide bonds. The molecule has 0 aliphatic heterocycles. The molecule has 0 saturated carbocycles. The second kappa shape index (κ2) is 25.0. The first-order valence-corrected chi connectivity index (χ1v) is 39.2. The maximum absolute atomic E-state index is 2.48. The van der Waals surface area contributed by atoms with E-state index in [9.17, 15) is 0 Å². The summed E-state index contributed by atoms with van der Waals surface area (Å²) in [6.45, 7) is 0. The van der Waals surface area contributed by atoms with Gasteiger partial charge in [0, 0.05) is 0 Å². The molecular formula is C36H64Ge4. The maximum atomic E-state index is 2.48. The van der Waals surface area contributed by atoms with E-state index >= 15 is 0 Å². The molecule has 0 unspecified atom stereocenters. The Hall–Kier alpha value is 0.611. The van der Waals surface area contributed by atoms with Crippen molar-refractivity contribution < 1.29 is 0 Å². The Morgan fingerprint density at radius 1 is 0.300 bits per heavy atom. The Balaban J connectivity index is 0.000000400. The van der Waals surface area contributed by atoms with Crippen molar-refractivity contribution in [1.82, 2.24) is 0 Å². The van der Waals surface area contributed by atoms with Gasteiger partial charge >= 0.3 is 272 Å². The summed E-state index contributed by atoms with van der Waals surface area (Å²) in [7, 11) is 0. The molecule has 0 atom stereocenters. The zero-order valence-corrected chi connectivity index (χ0v) is 36.3. The first kappa shape index (κ1) is 38.6. The van der Waals surface area contributed by atoms with E-state index in [2.05, 4.69) is 94.6 Å². The number of rotatable bonds is 20. The van der Waals surface area contributed by atoms with Crippen LogP contribution in [0.5, 0.6) is 0 Å². The molecule has 0 aliphatic rings. The van der Waals surface area contributed by atoms with Crippen LogP contribution in [0.3, 0.4) is 0 Å². The zero-order valence-electron chi connectivity index (χ0n) is 27.9. The Morgan fingerprint density at radius 2 is 0.475 bits per heavy atom. The first-order chi connectivity index (χ1) is 19.2. The van der Waals surface area contributed by atoms with Gasteiger partial charge in [-0.1, -0.05) is 0 Å². The molecule has 2 aromatic rings. The van der Waals surface area contributed by atoms with Crippen LogP contribution >= 0.6 is 0 Å². The van der Waals surface area contributed by atoms with Crippen molar-refractivity contribution in [3.8, 4) is 0 Å². The molecule has 0 N–H and O–H groups in total. The first-order valence-electron chi connectivity index (χ1n) is 16.5. The van der Waals surface area contributed by atoms with Gasteiger partial charge in [-0.3, -0.25) is 0 Å². The number of hydrogen-bond donors (Lipinski definition) is 0. The van der Waals surface area contributed by atoms with E-state index in [1.807, 2.05) is 0 Å². The van der Waals surface area contributed by atoms with Crippen LogP contribution in [0.1, 0.15) is 73.6 Å². The molecule has 0 heterocycles. The summed E-state index contributed by atoms with van der Waals surface area (Å²) in [5.41, 5.74) is 6.16. The third-order valence-electron chi connectivity index (χ3n) is 7.61. The molecule has 4 radical (unpaired) electrons. The van der Waals surface area contributed by atoms with E-state index in [-0.39, 0.29) is 0 Å². The fourth-order valence-electron chi connectivity index (χ4n) is 4.98. The molecule has 0 bridgehead atoms. The third kappa shape index (κ3) is 23.1. The van der Waals surface area contributed by atoms with Crippen molar-refractivity contribution in [3.63, 3.8) is 0 Å². The number of unbranched alkanes of at least 4 members (excludes halogenated alkanes) is 4. The van der Waals surface area contributed by atoms with E-state index in [1.54, 1.807) is 22.3 Å². The number of benzene rings is 2. The molecule has 0 spiro atoms. The van der Waals surface area contributed by atoms with Gasteiger partial charge in [0.05, 0.1) is 0 Å². The summed E-state index contributed by atoms with van der Waals surface area (Å²) in [4.78, 5) is 0. The number of hydrogen-bond acceptors (Lipinski definition) is 0. The molecule has 0 aromatic heterocycles. The van der Waals surface area contributed by atoms with Gasteiger partial charge in [0.2, 0.25) is 0 Å². The van der Waals surface area contributed by atoms with Crippen LogP contribution in [-0.4, -0.2) is 57.4 Å². The van der Waals surface area contributed by atoms with Gasteiger partial charge < -0.3 is 0 Å². The third-order valence-corrected chi connectivity index (χ3v) is 19.0. The SMILES string of the molecule is [CH3][Ge]([CH3])[CH2]CCCc1ccc(CCC[CH2][Ge]([CH3])[CH3])cc1.[CH3][Ge]([CH3])[CH2]CCCc1ccc(CCC[CH2][Ge]([CH3])[CH3])cc1. The second-order valence-corrected chi connectivity index (χ2v) is 37.7. The topological polar surface area (TPSA) is 0 Å². The Labute approximate surface area is 270 Å². The van der Waals surface area contributed by atoms with Crippen LogP contribution in [0.25, 0.3) is 0 Å². The van der Waals surface area contributed by atoms with Crippen molar-refractivity contribution in [3.05, 3.63) is 70.8 Å². The van der Waals surface area contributed by atoms with Gasteiger partial charge in [-0.2, -0.15) is 0 Å². The normalized spacial score (nSPS) is 11.5. The van der Waals surface area contributed by atoms with Crippen LogP contribution < -0.4 is 0 Å². The molecule has 2 aromatic carbocycles. The van der Waals surface area contributed by atoms with Crippen LogP contribution in [0.2, 0.25) is 67.1 Å². The van der Waals surface area contributed by atoms with Crippen LogP contribution in [0, 0.1) is 0 Å². The van der Waals surface area contributed by atoms with Crippen molar-refractivity contribution in [1.29, 1.82) is 0 Å². The van der Waals surface area contributed by atoms with E-state index in [4.69, 9.17) is 0 Å². The molecule has 0 fully saturated rings. The zero-order chi connectivity index (χ0) is 29.6. The quantitative estimate of drug-likeness (QED) is 0.0926.